The Morgan fingerprint density at radius 1 is 1.26 bits per heavy atom. The summed E-state index contributed by atoms with van der Waals surface area (Å²) < 4.78 is 19.0. The second-order valence-electron chi connectivity index (χ2n) is 4.56. The summed E-state index contributed by atoms with van der Waals surface area (Å²) in [5.41, 5.74) is 7.46. The maximum absolute atomic E-state index is 13.1. The van der Waals surface area contributed by atoms with Crippen molar-refractivity contribution in [3.8, 4) is 5.75 Å². The predicted octanol–water partition coefficient (Wildman–Crippen LogP) is 3.00. The van der Waals surface area contributed by atoms with Crippen molar-refractivity contribution >= 4 is 0 Å². The molecule has 1 heterocycles. The first kappa shape index (κ1) is 13.5. The summed E-state index contributed by atoms with van der Waals surface area (Å²) in [6, 6.07) is 9.80. The number of aromatic nitrogens is 1. The van der Waals surface area contributed by atoms with Crippen molar-refractivity contribution < 1.29 is 9.13 Å². The Bertz CT molecular complexity index is 543. The van der Waals surface area contributed by atoms with E-state index in [-0.39, 0.29) is 18.0 Å². The SMILES string of the molecule is Cc1cc(F)ccc1OC(c1ccccn1)C(C)N. The molecule has 0 saturated heterocycles. The first-order chi connectivity index (χ1) is 9.08. The van der Waals surface area contributed by atoms with Crippen molar-refractivity contribution in [2.24, 2.45) is 5.73 Å². The predicted molar refractivity (Wildman–Crippen MR) is 72.4 cm³/mol. The molecule has 0 saturated carbocycles. The van der Waals surface area contributed by atoms with Crippen LogP contribution < -0.4 is 10.5 Å². The lowest BCUT2D eigenvalue weighted by Gasteiger charge is -2.23. The molecule has 19 heavy (non-hydrogen) atoms. The van der Waals surface area contributed by atoms with Gasteiger partial charge in [0, 0.05) is 12.2 Å². The lowest BCUT2D eigenvalue weighted by Crippen LogP contribution is -2.29. The van der Waals surface area contributed by atoms with E-state index in [1.165, 1.54) is 12.1 Å². The summed E-state index contributed by atoms with van der Waals surface area (Å²) in [7, 11) is 0. The number of benzene rings is 1. The van der Waals surface area contributed by atoms with Gasteiger partial charge in [-0.2, -0.15) is 0 Å². The molecule has 2 aromatic rings. The van der Waals surface area contributed by atoms with E-state index in [2.05, 4.69) is 4.98 Å². The Morgan fingerprint density at radius 3 is 2.63 bits per heavy atom. The average molecular weight is 260 g/mol. The van der Waals surface area contributed by atoms with Crippen LogP contribution in [0.4, 0.5) is 4.39 Å². The van der Waals surface area contributed by atoms with Crippen molar-refractivity contribution in [1.29, 1.82) is 0 Å². The molecule has 0 spiro atoms. The average Bonchev–Trinajstić information content (AvgIpc) is 2.38. The molecule has 1 aromatic carbocycles. The molecule has 4 heteroatoms. The summed E-state index contributed by atoms with van der Waals surface area (Å²) in [5, 5.41) is 0. The quantitative estimate of drug-likeness (QED) is 0.919. The summed E-state index contributed by atoms with van der Waals surface area (Å²) in [6.07, 6.45) is 1.34. The largest absolute Gasteiger partial charge is 0.482 e. The second-order valence-corrected chi connectivity index (χ2v) is 4.56. The van der Waals surface area contributed by atoms with Crippen LogP contribution in [0.25, 0.3) is 0 Å². The van der Waals surface area contributed by atoms with E-state index >= 15 is 0 Å². The lowest BCUT2D eigenvalue weighted by atomic mass is 10.1. The van der Waals surface area contributed by atoms with Gasteiger partial charge in [0.15, 0.2) is 6.10 Å². The number of hydrogen-bond donors (Lipinski definition) is 1. The maximum atomic E-state index is 13.1. The number of rotatable bonds is 4. The van der Waals surface area contributed by atoms with Gasteiger partial charge >= 0.3 is 0 Å². The third-order valence-corrected chi connectivity index (χ3v) is 2.85. The molecule has 0 radical (unpaired) electrons. The molecule has 0 bridgehead atoms. The van der Waals surface area contributed by atoms with Gasteiger partial charge in [-0.15, -0.1) is 0 Å². The molecule has 2 atom stereocenters. The highest BCUT2D eigenvalue weighted by atomic mass is 19.1. The van der Waals surface area contributed by atoms with E-state index in [1.54, 1.807) is 19.2 Å². The second kappa shape index (κ2) is 5.80. The van der Waals surface area contributed by atoms with Crippen molar-refractivity contribution in [3.05, 3.63) is 59.7 Å². The Balaban J connectivity index is 2.27. The zero-order valence-corrected chi connectivity index (χ0v) is 11.0. The number of pyridine rings is 1. The van der Waals surface area contributed by atoms with Gasteiger partial charge in [-0.1, -0.05) is 6.07 Å². The van der Waals surface area contributed by atoms with Gasteiger partial charge in [0.25, 0.3) is 0 Å². The van der Waals surface area contributed by atoms with E-state index in [0.717, 1.165) is 11.3 Å². The monoisotopic (exact) mass is 260 g/mol. The fourth-order valence-corrected chi connectivity index (χ4v) is 1.86. The maximum Gasteiger partial charge on any atom is 0.155 e. The number of nitrogens with zero attached hydrogens (tertiary/aromatic N) is 1. The van der Waals surface area contributed by atoms with Gasteiger partial charge in [-0.3, -0.25) is 4.98 Å². The summed E-state index contributed by atoms with van der Waals surface area (Å²) >= 11 is 0. The minimum atomic E-state index is -0.356. The van der Waals surface area contributed by atoms with Crippen LogP contribution in [0.5, 0.6) is 5.75 Å². The standard InChI is InChI=1S/C15H17FN2O/c1-10-9-12(16)6-7-14(10)19-15(11(2)17)13-5-3-4-8-18-13/h3-9,11,15H,17H2,1-2H3. The molecular weight excluding hydrogens is 243 g/mol. The molecule has 2 rings (SSSR count). The van der Waals surface area contributed by atoms with Crippen LogP contribution in [0.1, 0.15) is 24.3 Å². The first-order valence-corrected chi connectivity index (χ1v) is 6.17. The van der Waals surface area contributed by atoms with Crippen LogP contribution in [-0.2, 0) is 0 Å². The fourth-order valence-electron chi connectivity index (χ4n) is 1.86. The van der Waals surface area contributed by atoms with Gasteiger partial charge in [-0.05, 0) is 49.7 Å². The van der Waals surface area contributed by atoms with Crippen LogP contribution in [0.3, 0.4) is 0 Å². The van der Waals surface area contributed by atoms with Crippen LogP contribution in [-0.4, -0.2) is 11.0 Å². The molecule has 0 fully saturated rings. The summed E-state index contributed by atoms with van der Waals surface area (Å²) in [4.78, 5) is 4.26. The molecule has 0 amide bonds. The summed E-state index contributed by atoms with van der Waals surface area (Å²) in [5.74, 6) is 0.342. The third kappa shape index (κ3) is 3.29. The van der Waals surface area contributed by atoms with Crippen LogP contribution in [0, 0.1) is 12.7 Å². The van der Waals surface area contributed by atoms with E-state index in [1.807, 2.05) is 25.1 Å². The molecule has 100 valence electrons. The third-order valence-electron chi connectivity index (χ3n) is 2.85. The van der Waals surface area contributed by atoms with Crippen LogP contribution in [0.15, 0.2) is 42.6 Å². The van der Waals surface area contributed by atoms with Gasteiger partial charge in [0.05, 0.1) is 5.69 Å². The van der Waals surface area contributed by atoms with Crippen molar-refractivity contribution in [1.82, 2.24) is 4.98 Å². The molecule has 3 nitrogen and oxygen atoms in total. The Hall–Kier alpha value is -1.94. The normalized spacial score (nSPS) is 13.9. The highest BCUT2D eigenvalue weighted by molar-refractivity contribution is 5.33. The Morgan fingerprint density at radius 2 is 2.05 bits per heavy atom. The van der Waals surface area contributed by atoms with Crippen molar-refractivity contribution in [2.45, 2.75) is 26.0 Å². The van der Waals surface area contributed by atoms with Gasteiger partial charge < -0.3 is 10.5 Å². The minimum absolute atomic E-state index is 0.223. The van der Waals surface area contributed by atoms with Crippen molar-refractivity contribution in [3.63, 3.8) is 0 Å². The molecule has 1 aromatic heterocycles. The molecule has 2 N–H and O–H groups in total. The molecular formula is C15H17FN2O. The smallest absolute Gasteiger partial charge is 0.155 e. The Labute approximate surface area is 112 Å². The molecule has 0 aliphatic carbocycles. The number of aryl methyl sites for hydroxylation is 1. The van der Waals surface area contributed by atoms with Gasteiger partial charge in [-0.25, -0.2) is 4.39 Å². The number of ether oxygens (including phenoxy) is 1. The fraction of sp³-hybridized carbons (Fsp3) is 0.267. The molecule has 0 aliphatic heterocycles. The first-order valence-electron chi connectivity index (χ1n) is 6.17. The highest BCUT2D eigenvalue weighted by Crippen LogP contribution is 2.26. The highest BCUT2D eigenvalue weighted by Gasteiger charge is 2.20. The number of hydrogen-bond acceptors (Lipinski definition) is 3. The topological polar surface area (TPSA) is 48.1 Å². The number of halogens is 1. The van der Waals surface area contributed by atoms with Crippen LogP contribution in [0.2, 0.25) is 0 Å². The molecule has 0 aliphatic rings. The van der Waals surface area contributed by atoms with Gasteiger partial charge in [0.2, 0.25) is 0 Å². The van der Waals surface area contributed by atoms with E-state index in [0.29, 0.717) is 5.75 Å². The van der Waals surface area contributed by atoms with E-state index < -0.39 is 0 Å². The van der Waals surface area contributed by atoms with Crippen LogP contribution >= 0.6 is 0 Å². The lowest BCUT2D eigenvalue weighted by molar-refractivity contribution is 0.174. The number of nitrogens with two attached hydrogens (primary N) is 1. The zero-order chi connectivity index (χ0) is 13.8. The summed E-state index contributed by atoms with van der Waals surface area (Å²) in [6.45, 7) is 3.66. The minimum Gasteiger partial charge on any atom is -0.482 e. The van der Waals surface area contributed by atoms with E-state index in [4.69, 9.17) is 10.5 Å². The molecule has 2 unspecified atom stereocenters. The van der Waals surface area contributed by atoms with E-state index in [9.17, 15) is 4.39 Å². The Kier molecular flexibility index (Phi) is 4.12. The zero-order valence-electron chi connectivity index (χ0n) is 11.0. The van der Waals surface area contributed by atoms with Crippen molar-refractivity contribution in [2.75, 3.05) is 0 Å². The van der Waals surface area contributed by atoms with Gasteiger partial charge in [0.1, 0.15) is 11.6 Å².